The van der Waals surface area contributed by atoms with E-state index in [4.69, 9.17) is 0 Å². The van der Waals surface area contributed by atoms with Crippen LogP contribution in [-0.4, -0.2) is 32.2 Å². The first-order chi connectivity index (χ1) is 7.75. The van der Waals surface area contributed by atoms with Crippen molar-refractivity contribution in [3.8, 4) is 0 Å². The third kappa shape index (κ3) is 2.95. The largest absolute Gasteiger partial charge is 0.371 e. The lowest BCUT2D eigenvalue weighted by atomic mass is 9.98. The van der Waals surface area contributed by atoms with Crippen LogP contribution in [0.5, 0.6) is 0 Å². The van der Waals surface area contributed by atoms with Crippen molar-refractivity contribution in [3.05, 3.63) is 24.5 Å². The minimum Gasteiger partial charge on any atom is -0.371 e. The molecule has 0 bridgehead atoms. The zero-order chi connectivity index (χ0) is 11.4. The summed E-state index contributed by atoms with van der Waals surface area (Å²) in [5.74, 6) is 0.693. The van der Waals surface area contributed by atoms with Gasteiger partial charge in [-0.15, -0.1) is 0 Å². The number of nitrogens with zero attached hydrogens (tertiary/aromatic N) is 2. The van der Waals surface area contributed by atoms with E-state index >= 15 is 0 Å². The predicted octanol–water partition coefficient (Wildman–Crippen LogP) is 0.909. The van der Waals surface area contributed by atoms with E-state index in [1.165, 1.54) is 5.69 Å². The Balaban J connectivity index is 1.90. The Morgan fingerprint density at radius 1 is 1.25 bits per heavy atom. The summed E-state index contributed by atoms with van der Waals surface area (Å²) in [5.41, 5.74) is 1.18. The molecule has 1 aromatic heterocycles. The van der Waals surface area contributed by atoms with Crippen LogP contribution in [0.1, 0.15) is 12.8 Å². The highest BCUT2D eigenvalue weighted by molar-refractivity contribution is 7.72. The fourth-order valence-corrected chi connectivity index (χ4v) is 2.93. The molecule has 0 radical (unpaired) electrons. The number of piperidine rings is 1. The van der Waals surface area contributed by atoms with Crippen molar-refractivity contribution >= 4 is 16.4 Å². The first-order valence-electron chi connectivity index (χ1n) is 5.52. The number of hydrogen-bond donors (Lipinski definition) is 1. The molecule has 1 fully saturated rings. The van der Waals surface area contributed by atoms with Gasteiger partial charge in [-0.3, -0.25) is 4.98 Å². The first-order valence-corrected chi connectivity index (χ1v) is 6.89. The third-order valence-corrected chi connectivity index (χ3v) is 3.86. The Labute approximate surface area is 97.3 Å². The Morgan fingerprint density at radius 3 is 2.44 bits per heavy atom. The highest BCUT2D eigenvalue weighted by atomic mass is 32.2. The lowest BCUT2D eigenvalue weighted by molar-refractivity contribution is 0.438. The molecule has 0 atom stereocenters. The average molecular weight is 240 g/mol. The maximum absolute atomic E-state index is 10.6. The van der Waals surface area contributed by atoms with Gasteiger partial charge in [0.2, 0.25) is 0 Å². The van der Waals surface area contributed by atoms with Crippen molar-refractivity contribution < 1.29 is 8.42 Å². The monoisotopic (exact) mass is 240 g/mol. The van der Waals surface area contributed by atoms with Gasteiger partial charge in [0.25, 0.3) is 0 Å². The topological polar surface area (TPSA) is 50.3 Å². The van der Waals surface area contributed by atoms with E-state index in [0.29, 0.717) is 11.7 Å². The minimum absolute atomic E-state index is 0.346. The van der Waals surface area contributed by atoms with E-state index in [9.17, 15) is 8.42 Å². The number of rotatable bonds is 3. The highest BCUT2D eigenvalue weighted by Gasteiger charge is 2.19. The van der Waals surface area contributed by atoms with E-state index in [2.05, 4.69) is 9.88 Å². The van der Waals surface area contributed by atoms with E-state index in [1.54, 1.807) is 12.4 Å². The molecule has 0 amide bonds. The highest BCUT2D eigenvalue weighted by Crippen LogP contribution is 2.22. The van der Waals surface area contributed by atoms with Gasteiger partial charge < -0.3 is 4.90 Å². The van der Waals surface area contributed by atoms with Crippen LogP contribution in [0.4, 0.5) is 5.69 Å². The normalized spacial score (nSPS) is 17.9. The second kappa shape index (κ2) is 5.30. The smallest absolute Gasteiger partial charge is 0.140 e. The van der Waals surface area contributed by atoms with Crippen molar-refractivity contribution in [1.82, 2.24) is 4.98 Å². The fraction of sp³-hybridized carbons (Fsp3) is 0.545. The van der Waals surface area contributed by atoms with Crippen LogP contribution >= 0.6 is 0 Å². The molecule has 0 aliphatic carbocycles. The number of pyridine rings is 1. The van der Waals surface area contributed by atoms with E-state index in [-0.39, 0.29) is 0 Å². The molecule has 0 N–H and O–H groups in total. The van der Waals surface area contributed by atoms with Crippen LogP contribution < -0.4 is 4.90 Å². The maximum Gasteiger partial charge on any atom is 0.140 e. The molecule has 0 spiro atoms. The number of hydrogen-bond acceptors (Lipinski definition) is 4. The van der Waals surface area contributed by atoms with Gasteiger partial charge in [-0.1, -0.05) is 0 Å². The molecule has 1 saturated heterocycles. The summed E-state index contributed by atoms with van der Waals surface area (Å²) in [6.07, 6.45) is 5.50. The van der Waals surface area contributed by atoms with Crippen molar-refractivity contribution in [2.45, 2.75) is 12.8 Å². The summed E-state index contributed by atoms with van der Waals surface area (Å²) < 4.78 is 21.3. The van der Waals surface area contributed by atoms with Crippen molar-refractivity contribution in [3.63, 3.8) is 0 Å². The van der Waals surface area contributed by atoms with Gasteiger partial charge >= 0.3 is 0 Å². The van der Waals surface area contributed by atoms with Gasteiger partial charge in [0.1, 0.15) is 10.7 Å². The quantitative estimate of drug-likeness (QED) is 0.798. The van der Waals surface area contributed by atoms with Crippen LogP contribution in [0.3, 0.4) is 0 Å². The summed E-state index contributed by atoms with van der Waals surface area (Å²) in [7, 11) is -2.22. The van der Waals surface area contributed by atoms with Gasteiger partial charge in [0.05, 0.1) is 5.75 Å². The van der Waals surface area contributed by atoms with Gasteiger partial charge in [0, 0.05) is 31.2 Å². The van der Waals surface area contributed by atoms with Crippen LogP contribution in [0.15, 0.2) is 24.5 Å². The Morgan fingerprint density at radius 2 is 1.88 bits per heavy atom. The maximum atomic E-state index is 10.6. The second-order valence-electron chi connectivity index (χ2n) is 4.15. The molecule has 0 aromatic carbocycles. The van der Waals surface area contributed by atoms with Crippen LogP contribution in [0, 0.1) is 5.92 Å². The van der Waals surface area contributed by atoms with Crippen LogP contribution in [0.25, 0.3) is 0 Å². The molecule has 4 nitrogen and oxygen atoms in total. The van der Waals surface area contributed by atoms with Crippen LogP contribution in [0.2, 0.25) is 0 Å². The second-order valence-corrected chi connectivity index (χ2v) is 5.18. The first kappa shape index (κ1) is 11.4. The molecule has 1 aromatic rings. The lowest BCUT2D eigenvalue weighted by Gasteiger charge is -2.32. The summed E-state index contributed by atoms with van der Waals surface area (Å²) in [5, 5.41) is 0. The Hall–Kier alpha value is -1.10. The van der Waals surface area contributed by atoms with E-state index in [1.807, 2.05) is 12.1 Å². The van der Waals surface area contributed by atoms with E-state index in [0.717, 1.165) is 25.9 Å². The predicted molar refractivity (Wildman–Crippen MR) is 64.4 cm³/mol. The van der Waals surface area contributed by atoms with E-state index < -0.39 is 10.7 Å². The molecule has 1 aliphatic rings. The van der Waals surface area contributed by atoms with Crippen LogP contribution in [-0.2, 0) is 10.7 Å². The summed E-state index contributed by atoms with van der Waals surface area (Å²) in [6, 6.07) is 3.99. The van der Waals surface area contributed by atoms with Crippen molar-refractivity contribution in [2.75, 3.05) is 23.7 Å². The molecule has 0 saturated carbocycles. The molecule has 2 rings (SSSR count). The third-order valence-electron chi connectivity index (χ3n) is 3.05. The number of aromatic nitrogens is 1. The summed E-state index contributed by atoms with van der Waals surface area (Å²) in [6.45, 7) is 1.88. The molecule has 1 aliphatic heterocycles. The van der Waals surface area contributed by atoms with Gasteiger partial charge in [-0.25, -0.2) is 8.42 Å². The molecular weight excluding hydrogens is 224 g/mol. The molecule has 0 unspecified atom stereocenters. The molecule has 5 heteroatoms. The van der Waals surface area contributed by atoms with Crippen molar-refractivity contribution in [1.29, 1.82) is 0 Å². The minimum atomic E-state index is -2.22. The van der Waals surface area contributed by atoms with Crippen molar-refractivity contribution in [2.24, 2.45) is 5.92 Å². The van der Waals surface area contributed by atoms with Gasteiger partial charge in [0.15, 0.2) is 0 Å². The standard InChI is InChI=1S/C11H16N2O2S/c14-16(15)9-10-3-7-13(8-4-10)11-1-5-12-6-2-11/h1-2,5-6,10,16H,3-4,7-9H2. The lowest BCUT2D eigenvalue weighted by Crippen LogP contribution is -2.34. The Kier molecular flexibility index (Phi) is 3.77. The molecule has 16 heavy (non-hydrogen) atoms. The van der Waals surface area contributed by atoms with Gasteiger partial charge in [-0.2, -0.15) is 0 Å². The molecular formula is C11H16N2O2S. The number of anilines is 1. The Bertz CT molecular complexity index is 390. The fourth-order valence-electron chi connectivity index (χ4n) is 2.14. The summed E-state index contributed by atoms with van der Waals surface area (Å²) in [4.78, 5) is 6.28. The molecule has 2 heterocycles. The number of thiol groups is 1. The zero-order valence-corrected chi connectivity index (χ0v) is 9.97. The zero-order valence-electron chi connectivity index (χ0n) is 9.08. The summed E-state index contributed by atoms with van der Waals surface area (Å²) >= 11 is 0. The SMILES string of the molecule is O=[SH](=O)CC1CCN(c2ccncc2)CC1. The average Bonchev–Trinajstić information content (AvgIpc) is 2.30. The molecule has 88 valence electrons. The van der Waals surface area contributed by atoms with Gasteiger partial charge in [-0.05, 0) is 30.9 Å².